The fourth-order valence-electron chi connectivity index (χ4n) is 5.41. The van der Waals surface area contributed by atoms with Crippen molar-refractivity contribution in [2.45, 2.75) is 30.8 Å². The second-order valence-corrected chi connectivity index (χ2v) is 10.6. The van der Waals surface area contributed by atoms with E-state index in [1.165, 1.54) is 0 Å². The molecule has 1 aromatic heterocycles. The van der Waals surface area contributed by atoms with Crippen LogP contribution in [0.15, 0.2) is 97.2 Å². The molecule has 0 saturated carbocycles. The lowest BCUT2D eigenvalue weighted by Crippen LogP contribution is -2.53. The average molecular weight is 575 g/mol. The number of nitrogens with zero attached hydrogens (tertiary/aromatic N) is 2. The van der Waals surface area contributed by atoms with Crippen molar-refractivity contribution in [2.24, 2.45) is 0 Å². The number of amides is 2. The first-order chi connectivity index (χ1) is 19.5. The third kappa shape index (κ3) is 5.89. The highest BCUT2D eigenvalue weighted by Gasteiger charge is 2.47. The lowest BCUT2D eigenvalue weighted by Gasteiger charge is -2.45. The summed E-state index contributed by atoms with van der Waals surface area (Å²) in [4.78, 5) is 34.1. The number of hydrogen-bond acceptors (Lipinski definition) is 4. The first-order valence-electron chi connectivity index (χ1n) is 13.2. The van der Waals surface area contributed by atoms with Crippen LogP contribution in [0.3, 0.4) is 0 Å². The Morgan fingerprint density at radius 3 is 2.42 bits per heavy atom. The number of rotatable bonds is 9. The van der Waals surface area contributed by atoms with Crippen LogP contribution >= 0.6 is 23.2 Å². The summed E-state index contributed by atoms with van der Waals surface area (Å²) in [5, 5.41) is 14.5. The summed E-state index contributed by atoms with van der Waals surface area (Å²) in [6.07, 6.45) is 2.68. The Morgan fingerprint density at radius 2 is 1.70 bits per heavy atom. The minimum absolute atomic E-state index is 0.242. The molecule has 2 N–H and O–H groups in total. The molecule has 2 heterocycles. The number of carbonyl (C=O) groups excluding carboxylic acids is 2. The Labute approximate surface area is 243 Å². The molecule has 1 aliphatic heterocycles. The van der Waals surface area contributed by atoms with E-state index < -0.39 is 18.0 Å². The van der Waals surface area contributed by atoms with E-state index in [0.717, 1.165) is 11.3 Å². The number of aliphatic hydroxyl groups excluding tert-OH is 1. The van der Waals surface area contributed by atoms with Gasteiger partial charge in [-0.15, -0.1) is 0 Å². The predicted octanol–water partition coefficient (Wildman–Crippen LogP) is 5.63. The molecule has 0 radical (unpaired) electrons. The highest BCUT2D eigenvalue weighted by molar-refractivity contribution is 6.35. The molecule has 0 unspecified atom stereocenters. The molecule has 5 rings (SSSR count). The lowest BCUT2D eigenvalue weighted by molar-refractivity contribution is -0.124. The van der Waals surface area contributed by atoms with Crippen LogP contribution in [-0.2, 0) is 17.6 Å². The first kappa shape index (κ1) is 27.8. The molecule has 204 valence electrons. The molecular formula is C32H29Cl2N3O3. The van der Waals surface area contributed by atoms with Gasteiger partial charge in [0.15, 0.2) is 0 Å². The minimum atomic E-state index is -0.777. The zero-order valence-corrected chi connectivity index (χ0v) is 23.2. The molecule has 3 atom stereocenters. The molecule has 3 aromatic carbocycles. The fraction of sp³-hybridized carbons (Fsp3) is 0.219. The SMILES string of the molecule is O=C(NCCc1ccccn1)[C@@H]1c2ccccc2C(=O)N([C@H](CO)Cc2ccccc2)[C@H]1c1ccc(Cl)cc1Cl. The summed E-state index contributed by atoms with van der Waals surface area (Å²) in [7, 11) is 0. The predicted molar refractivity (Wildman–Crippen MR) is 157 cm³/mol. The highest BCUT2D eigenvalue weighted by atomic mass is 35.5. The zero-order valence-electron chi connectivity index (χ0n) is 21.7. The number of halogens is 2. The van der Waals surface area contributed by atoms with Crippen LogP contribution in [0.4, 0.5) is 0 Å². The average Bonchev–Trinajstić information content (AvgIpc) is 2.97. The summed E-state index contributed by atoms with van der Waals surface area (Å²) < 4.78 is 0. The number of carbonyl (C=O) groups is 2. The Hall–Kier alpha value is -3.71. The molecule has 0 aliphatic carbocycles. The van der Waals surface area contributed by atoms with E-state index in [9.17, 15) is 14.7 Å². The summed E-state index contributed by atoms with van der Waals surface area (Å²) in [5.41, 5.74) is 3.46. The Balaban J connectivity index is 1.58. The Kier molecular flexibility index (Phi) is 8.80. The molecule has 0 spiro atoms. The second kappa shape index (κ2) is 12.6. The number of aromatic nitrogens is 1. The normalized spacial score (nSPS) is 17.3. The number of fused-ring (bicyclic) bond motifs is 1. The van der Waals surface area contributed by atoms with Gasteiger partial charge in [-0.05, 0) is 53.4 Å². The summed E-state index contributed by atoms with van der Waals surface area (Å²) in [6.45, 7) is 0.0789. The number of hydrogen-bond donors (Lipinski definition) is 2. The van der Waals surface area contributed by atoms with Gasteiger partial charge in [0.1, 0.15) is 0 Å². The van der Waals surface area contributed by atoms with Crippen molar-refractivity contribution in [2.75, 3.05) is 13.2 Å². The van der Waals surface area contributed by atoms with Gasteiger partial charge >= 0.3 is 0 Å². The van der Waals surface area contributed by atoms with Crippen molar-refractivity contribution in [1.82, 2.24) is 15.2 Å². The van der Waals surface area contributed by atoms with E-state index in [-0.39, 0.29) is 18.4 Å². The molecule has 40 heavy (non-hydrogen) atoms. The van der Waals surface area contributed by atoms with Crippen LogP contribution in [0.2, 0.25) is 10.0 Å². The standard InChI is InChI=1S/C32H29Cl2N3O3/c33-22-13-14-27(28(34)19-22)30-29(31(39)36-17-15-23-10-6-7-16-35-23)25-11-4-5-12-26(25)32(40)37(30)24(20-38)18-21-8-2-1-3-9-21/h1-14,16,19,24,29-30,38H,15,17-18,20H2,(H,36,39)/t24-,29+,30-/m0/s1. The molecule has 6 nitrogen and oxygen atoms in total. The molecule has 2 amide bonds. The van der Waals surface area contributed by atoms with Crippen molar-refractivity contribution in [3.8, 4) is 0 Å². The summed E-state index contributed by atoms with van der Waals surface area (Å²) >= 11 is 13.0. The first-order valence-corrected chi connectivity index (χ1v) is 13.9. The maximum Gasteiger partial charge on any atom is 0.255 e. The fourth-order valence-corrected chi connectivity index (χ4v) is 5.93. The topological polar surface area (TPSA) is 82.5 Å². The van der Waals surface area contributed by atoms with Crippen molar-refractivity contribution in [1.29, 1.82) is 0 Å². The van der Waals surface area contributed by atoms with E-state index >= 15 is 0 Å². The van der Waals surface area contributed by atoms with E-state index in [1.807, 2.05) is 60.7 Å². The molecule has 8 heteroatoms. The number of pyridine rings is 1. The smallest absolute Gasteiger partial charge is 0.255 e. The third-order valence-corrected chi connectivity index (χ3v) is 7.83. The number of benzene rings is 3. The van der Waals surface area contributed by atoms with Gasteiger partial charge in [0.25, 0.3) is 5.91 Å². The van der Waals surface area contributed by atoms with Gasteiger partial charge in [-0.1, -0.05) is 83.9 Å². The second-order valence-electron chi connectivity index (χ2n) is 9.78. The maximum atomic E-state index is 14.1. The number of aliphatic hydroxyl groups is 1. The van der Waals surface area contributed by atoms with Gasteiger partial charge in [-0.25, -0.2) is 0 Å². The van der Waals surface area contributed by atoms with Crippen molar-refractivity contribution in [3.63, 3.8) is 0 Å². The van der Waals surface area contributed by atoms with Crippen LogP contribution in [0.5, 0.6) is 0 Å². The highest BCUT2D eigenvalue weighted by Crippen LogP contribution is 2.46. The van der Waals surface area contributed by atoms with Crippen molar-refractivity contribution in [3.05, 3.63) is 135 Å². The van der Waals surface area contributed by atoms with Crippen LogP contribution in [0.25, 0.3) is 0 Å². The van der Waals surface area contributed by atoms with Gasteiger partial charge in [-0.2, -0.15) is 0 Å². The summed E-state index contributed by atoms with van der Waals surface area (Å²) in [6, 6.07) is 26.2. The maximum absolute atomic E-state index is 14.1. The minimum Gasteiger partial charge on any atom is -0.394 e. The van der Waals surface area contributed by atoms with E-state index in [2.05, 4.69) is 10.3 Å². The van der Waals surface area contributed by atoms with E-state index in [4.69, 9.17) is 23.2 Å². The zero-order chi connectivity index (χ0) is 28.1. The van der Waals surface area contributed by atoms with Crippen molar-refractivity contribution >= 4 is 35.0 Å². The monoisotopic (exact) mass is 573 g/mol. The molecular weight excluding hydrogens is 545 g/mol. The van der Waals surface area contributed by atoms with Crippen LogP contribution in [0, 0.1) is 0 Å². The molecule has 0 saturated heterocycles. The van der Waals surface area contributed by atoms with Crippen LogP contribution in [0.1, 0.15) is 44.7 Å². The number of nitrogens with one attached hydrogen (secondary N) is 1. The molecule has 0 fully saturated rings. The lowest BCUT2D eigenvalue weighted by atomic mass is 9.78. The Bertz CT molecular complexity index is 1480. The van der Waals surface area contributed by atoms with Crippen LogP contribution in [-0.4, -0.2) is 46.0 Å². The van der Waals surface area contributed by atoms with Crippen LogP contribution < -0.4 is 5.32 Å². The molecule has 1 aliphatic rings. The summed E-state index contributed by atoms with van der Waals surface area (Å²) in [5.74, 6) is -1.28. The van der Waals surface area contributed by atoms with E-state index in [1.54, 1.807) is 41.4 Å². The van der Waals surface area contributed by atoms with Gasteiger partial charge in [0, 0.05) is 40.5 Å². The van der Waals surface area contributed by atoms with Gasteiger partial charge in [0.2, 0.25) is 5.91 Å². The molecule has 0 bridgehead atoms. The van der Waals surface area contributed by atoms with Gasteiger partial charge in [-0.3, -0.25) is 14.6 Å². The quantitative estimate of drug-likeness (QED) is 0.272. The van der Waals surface area contributed by atoms with Crippen molar-refractivity contribution < 1.29 is 14.7 Å². The van der Waals surface area contributed by atoms with Gasteiger partial charge < -0.3 is 15.3 Å². The van der Waals surface area contributed by atoms with Gasteiger partial charge in [0.05, 0.1) is 24.6 Å². The third-order valence-electron chi connectivity index (χ3n) is 7.26. The Morgan fingerprint density at radius 1 is 0.950 bits per heavy atom. The van der Waals surface area contributed by atoms with E-state index in [0.29, 0.717) is 46.1 Å². The largest absolute Gasteiger partial charge is 0.394 e. The molecule has 4 aromatic rings.